The summed E-state index contributed by atoms with van der Waals surface area (Å²) in [5, 5.41) is 0. The van der Waals surface area contributed by atoms with Gasteiger partial charge in [0.05, 0.1) is 0 Å². The molecule has 0 aromatic carbocycles. The third-order valence-corrected chi connectivity index (χ3v) is 1.35. The minimum atomic E-state index is 0. The van der Waals surface area contributed by atoms with Gasteiger partial charge in [0.25, 0.3) is 0 Å². The van der Waals surface area contributed by atoms with Crippen LogP contribution in [0.1, 0.15) is 13.8 Å². The Morgan fingerprint density at radius 2 is 1.67 bits per heavy atom. The summed E-state index contributed by atoms with van der Waals surface area (Å²) in [7, 11) is 0. The molecule has 0 aliphatic rings. The molecule has 0 saturated heterocycles. The van der Waals surface area contributed by atoms with Crippen molar-refractivity contribution in [3.05, 3.63) is 24.3 Å². The molecular weight excluding hydrogens is 205 g/mol. The molecule has 9 heavy (non-hydrogen) atoms. The van der Waals surface area contributed by atoms with Crippen LogP contribution in [0.25, 0.3) is 0 Å². The van der Waals surface area contributed by atoms with Crippen LogP contribution in [0.15, 0.2) is 10.5 Å². The van der Waals surface area contributed by atoms with Crippen LogP contribution >= 0.6 is 12.6 Å². The maximum Gasteiger partial charge on any atom is 0 e. The topological polar surface area (TPSA) is 0 Å². The second kappa shape index (κ2) is 5.70. The number of rotatable bonds is 1. The summed E-state index contributed by atoms with van der Waals surface area (Å²) in [5.74, 6) is 0.472. The number of hydrogen-bond donors (Lipinski definition) is 1. The van der Waals surface area contributed by atoms with E-state index in [4.69, 9.17) is 0 Å². The standard InChI is InChI=1S/C7H12S.Y/c1-5(2)6(3)7(4)8;/h5,8H,3-4H2,1-2H3;/q-2;/b7-6-;. The van der Waals surface area contributed by atoms with E-state index in [-0.39, 0.29) is 32.7 Å². The third-order valence-electron chi connectivity index (χ3n) is 1.07. The van der Waals surface area contributed by atoms with E-state index in [1.165, 1.54) is 0 Å². The van der Waals surface area contributed by atoms with Gasteiger partial charge < -0.3 is 24.3 Å². The maximum absolute atomic E-state index is 4.04. The molecule has 2 heteroatoms. The Hall–Kier alpha value is 0.934. The summed E-state index contributed by atoms with van der Waals surface area (Å²) < 4.78 is 0. The zero-order valence-corrected chi connectivity index (χ0v) is 9.75. The first kappa shape index (κ1) is 12.6. The SMILES string of the molecule is [CH2-]/C(S)=C(\[CH2-])C(C)C.[Y]. The van der Waals surface area contributed by atoms with Crippen molar-refractivity contribution in [2.75, 3.05) is 0 Å². The molecule has 0 nitrogen and oxygen atoms in total. The predicted octanol–water partition coefficient (Wildman–Crippen LogP) is 2.49. The van der Waals surface area contributed by atoms with Gasteiger partial charge in [-0.05, 0) is 0 Å². The second-order valence-electron chi connectivity index (χ2n) is 2.13. The molecule has 0 aromatic heterocycles. The normalized spacial score (nSPS) is 12.4. The molecule has 0 saturated carbocycles. The van der Waals surface area contributed by atoms with Crippen molar-refractivity contribution >= 4 is 12.6 Å². The molecule has 0 aliphatic carbocycles. The Morgan fingerprint density at radius 3 is 1.67 bits per heavy atom. The fraction of sp³-hybridized carbons (Fsp3) is 0.429. The Kier molecular flexibility index (Phi) is 7.98. The van der Waals surface area contributed by atoms with Gasteiger partial charge in [0, 0.05) is 32.7 Å². The summed E-state index contributed by atoms with van der Waals surface area (Å²) in [6.07, 6.45) is 0. The van der Waals surface area contributed by atoms with E-state index in [9.17, 15) is 0 Å². The number of hydrogen-bond acceptors (Lipinski definition) is 1. The average Bonchev–Trinajstić information content (AvgIpc) is 1.64. The molecule has 0 aromatic rings. The molecule has 1 radical (unpaired) electrons. The van der Waals surface area contributed by atoms with Crippen molar-refractivity contribution in [3.8, 4) is 0 Å². The maximum atomic E-state index is 4.04. The first-order valence-corrected chi connectivity index (χ1v) is 3.07. The van der Waals surface area contributed by atoms with E-state index in [2.05, 4.69) is 40.3 Å². The first-order valence-electron chi connectivity index (χ1n) is 2.62. The van der Waals surface area contributed by atoms with Gasteiger partial charge in [-0.2, -0.15) is 0 Å². The molecule has 0 bridgehead atoms. The van der Waals surface area contributed by atoms with Crippen molar-refractivity contribution in [2.24, 2.45) is 5.92 Å². The summed E-state index contributed by atoms with van der Waals surface area (Å²) in [4.78, 5) is 0.792. The van der Waals surface area contributed by atoms with Crippen molar-refractivity contribution in [3.63, 3.8) is 0 Å². The number of thiol groups is 1. The zero-order valence-electron chi connectivity index (χ0n) is 6.02. The van der Waals surface area contributed by atoms with Gasteiger partial charge in [0.1, 0.15) is 0 Å². The van der Waals surface area contributed by atoms with Crippen LogP contribution < -0.4 is 0 Å². The van der Waals surface area contributed by atoms with Crippen LogP contribution in [0.4, 0.5) is 0 Å². The molecule has 51 valence electrons. The fourth-order valence-corrected chi connectivity index (χ4v) is 0.591. The quantitative estimate of drug-likeness (QED) is 0.506. The van der Waals surface area contributed by atoms with Crippen LogP contribution in [0.2, 0.25) is 0 Å². The van der Waals surface area contributed by atoms with Crippen molar-refractivity contribution < 1.29 is 32.7 Å². The van der Waals surface area contributed by atoms with Crippen molar-refractivity contribution in [1.82, 2.24) is 0 Å². The third kappa shape index (κ3) is 5.38. The largest absolute Gasteiger partial charge is 0.352 e. The van der Waals surface area contributed by atoms with Gasteiger partial charge >= 0.3 is 0 Å². The summed E-state index contributed by atoms with van der Waals surface area (Å²) >= 11 is 4.04. The van der Waals surface area contributed by atoms with Crippen LogP contribution in [0.3, 0.4) is 0 Å². The Morgan fingerprint density at radius 1 is 1.33 bits per heavy atom. The van der Waals surface area contributed by atoms with Crippen LogP contribution in [-0.2, 0) is 32.7 Å². The molecule has 0 aliphatic heterocycles. The molecule has 0 spiro atoms. The van der Waals surface area contributed by atoms with Crippen LogP contribution in [0, 0.1) is 19.8 Å². The summed E-state index contributed by atoms with van der Waals surface area (Å²) in [5.41, 5.74) is 1.02. The second-order valence-corrected chi connectivity index (χ2v) is 2.67. The van der Waals surface area contributed by atoms with Gasteiger partial charge in [0.2, 0.25) is 0 Å². The van der Waals surface area contributed by atoms with Crippen LogP contribution in [0.5, 0.6) is 0 Å². The van der Waals surface area contributed by atoms with Crippen molar-refractivity contribution in [2.45, 2.75) is 13.8 Å². The summed E-state index contributed by atoms with van der Waals surface area (Å²) in [6.45, 7) is 11.6. The summed E-state index contributed by atoms with van der Waals surface area (Å²) in [6, 6.07) is 0. The molecule has 0 heterocycles. The van der Waals surface area contributed by atoms with E-state index in [0.29, 0.717) is 5.92 Å². The van der Waals surface area contributed by atoms with E-state index in [1.807, 2.05) is 0 Å². The van der Waals surface area contributed by atoms with E-state index < -0.39 is 0 Å². The minimum Gasteiger partial charge on any atom is -0.352 e. The predicted molar refractivity (Wildman–Crippen MR) is 41.6 cm³/mol. The first-order chi connectivity index (χ1) is 3.55. The van der Waals surface area contributed by atoms with Gasteiger partial charge in [-0.15, -0.1) is 5.92 Å². The zero-order chi connectivity index (χ0) is 6.73. The Bertz CT molecular complexity index is 101. The monoisotopic (exact) mass is 217 g/mol. The van der Waals surface area contributed by atoms with E-state index in [0.717, 1.165) is 10.5 Å². The molecule has 0 atom stereocenters. The fourth-order valence-electron chi connectivity index (χ4n) is 0.333. The molecule has 0 fully saturated rings. The average molecular weight is 217 g/mol. The molecular formula is C7H12SY-2. The number of allylic oxidation sites excluding steroid dienone is 2. The smallest absolute Gasteiger partial charge is 0 e. The Balaban J connectivity index is 0. The Labute approximate surface area is 88.8 Å². The van der Waals surface area contributed by atoms with E-state index >= 15 is 0 Å². The van der Waals surface area contributed by atoms with Gasteiger partial charge in [-0.3, -0.25) is 12.6 Å². The van der Waals surface area contributed by atoms with Crippen molar-refractivity contribution in [1.29, 1.82) is 0 Å². The van der Waals surface area contributed by atoms with Gasteiger partial charge in [-0.25, -0.2) is 0 Å². The minimum absolute atomic E-state index is 0. The van der Waals surface area contributed by atoms with E-state index in [1.54, 1.807) is 0 Å². The molecule has 0 rings (SSSR count). The van der Waals surface area contributed by atoms with Crippen LogP contribution in [-0.4, -0.2) is 0 Å². The molecule has 0 unspecified atom stereocenters. The van der Waals surface area contributed by atoms with Gasteiger partial charge in [0.15, 0.2) is 0 Å². The van der Waals surface area contributed by atoms with Gasteiger partial charge in [-0.1, -0.05) is 13.8 Å². The molecule has 0 N–H and O–H groups in total. The molecule has 0 amide bonds.